The third-order valence-corrected chi connectivity index (χ3v) is 5.09. The van der Waals surface area contributed by atoms with Gasteiger partial charge in [-0.25, -0.2) is 0 Å². The highest BCUT2D eigenvalue weighted by atomic mass is 14.9. The molecule has 0 bridgehead atoms. The van der Waals surface area contributed by atoms with Crippen molar-refractivity contribution >= 4 is 0 Å². The maximum Gasteiger partial charge on any atom is 0.00954 e. The summed E-state index contributed by atoms with van der Waals surface area (Å²) in [6.07, 6.45) is 11.5. The fourth-order valence-electron chi connectivity index (χ4n) is 3.47. The Morgan fingerprint density at radius 1 is 1.13 bits per heavy atom. The molecule has 88 valence electrons. The summed E-state index contributed by atoms with van der Waals surface area (Å²) in [5.41, 5.74) is 0.695. The number of rotatable bonds is 5. The Hall–Kier alpha value is -0.0400. The molecule has 2 fully saturated rings. The maximum absolute atomic E-state index is 3.88. The molecule has 0 aromatic heterocycles. The SMILES string of the molecule is CCC1CCCC1NCC1(CC)CCC1. The summed E-state index contributed by atoms with van der Waals surface area (Å²) in [5.74, 6) is 0.971. The Kier molecular flexibility index (Phi) is 3.71. The zero-order valence-corrected chi connectivity index (χ0v) is 10.5. The number of nitrogens with one attached hydrogen (secondary N) is 1. The summed E-state index contributed by atoms with van der Waals surface area (Å²) in [6.45, 7) is 6.01. The van der Waals surface area contributed by atoms with E-state index in [9.17, 15) is 0 Å². The molecule has 0 radical (unpaired) electrons. The Bertz CT molecular complexity index is 190. The van der Waals surface area contributed by atoms with E-state index in [0.29, 0.717) is 5.41 Å². The van der Waals surface area contributed by atoms with Gasteiger partial charge < -0.3 is 5.32 Å². The van der Waals surface area contributed by atoms with Crippen molar-refractivity contribution in [2.24, 2.45) is 11.3 Å². The molecule has 1 heteroatoms. The van der Waals surface area contributed by atoms with Crippen LogP contribution in [0.5, 0.6) is 0 Å². The van der Waals surface area contributed by atoms with Gasteiger partial charge in [0.15, 0.2) is 0 Å². The van der Waals surface area contributed by atoms with E-state index in [1.165, 1.54) is 57.9 Å². The van der Waals surface area contributed by atoms with E-state index in [4.69, 9.17) is 0 Å². The van der Waals surface area contributed by atoms with Crippen molar-refractivity contribution in [3.63, 3.8) is 0 Å². The van der Waals surface area contributed by atoms with Gasteiger partial charge in [0, 0.05) is 12.6 Å². The smallest absolute Gasteiger partial charge is 0.00954 e. The summed E-state index contributed by atoms with van der Waals surface area (Å²) in [4.78, 5) is 0. The first-order valence-corrected chi connectivity index (χ1v) is 7.03. The molecule has 2 aliphatic carbocycles. The van der Waals surface area contributed by atoms with Gasteiger partial charge in [0.2, 0.25) is 0 Å². The van der Waals surface area contributed by atoms with Crippen molar-refractivity contribution in [2.45, 2.75) is 71.3 Å². The Labute approximate surface area is 95.0 Å². The first kappa shape index (κ1) is 11.4. The molecule has 0 amide bonds. The maximum atomic E-state index is 3.88. The lowest BCUT2D eigenvalue weighted by Gasteiger charge is -2.42. The van der Waals surface area contributed by atoms with Crippen LogP contribution in [0.4, 0.5) is 0 Å². The summed E-state index contributed by atoms with van der Waals surface area (Å²) < 4.78 is 0. The highest BCUT2D eigenvalue weighted by Gasteiger charge is 2.36. The summed E-state index contributed by atoms with van der Waals surface area (Å²) in [6, 6.07) is 0.846. The Morgan fingerprint density at radius 3 is 2.47 bits per heavy atom. The molecule has 0 aliphatic heterocycles. The monoisotopic (exact) mass is 209 g/mol. The molecule has 0 saturated heterocycles. The minimum absolute atomic E-state index is 0.695. The fraction of sp³-hybridized carbons (Fsp3) is 1.00. The average Bonchev–Trinajstić information content (AvgIpc) is 2.64. The van der Waals surface area contributed by atoms with Crippen molar-refractivity contribution in [1.82, 2.24) is 5.32 Å². The van der Waals surface area contributed by atoms with E-state index >= 15 is 0 Å². The molecule has 2 unspecified atom stereocenters. The molecule has 0 spiro atoms. The van der Waals surface area contributed by atoms with Crippen LogP contribution in [-0.4, -0.2) is 12.6 Å². The van der Waals surface area contributed by atoms with Crippen LogP contribution in [-0.2, 0) is 0 Å². The molecular weight excluding hydrogens is 182 g/mol. The van der Waals surface area contributed by atoms with Gasteiger partial charge in [-0.3, -0.25) is 0 Å². The van der Waals surface area contributed by atoms with Crippen molar-refractivity contribution < 1.29 is 0 Å². The largest absolute Gasteiger partial charge is 0.313 e. The highest BCUT2D eigenvalue weighted by molar-refractivity contribution is 4.91. The first-order chi connectivity index (χ1) is 7.29. The molecule has 0 heterocycles. The molecule has 0 aromatic rings. The lowest BCUT2D eigenvalue weighted by atomic mass is 9.67. The predicted molar refractivity (Wildman–Crippen MR) is 66.0 cm³/mol. The van der Waals surface area contributed by atoms with E-state index in [1.54, 1.807) is 0 Å². The van der Waals surface area contributed by atoms with Gasteiger partial charge in [-0.05, 0) is 43.4 Å². The van der Waals surface area contributed by atoms with Crippen LogP contribution in [0.2, 0.25) is 0 Å². The van der Waals surface area contributed by atoms with E-state index in [-0.39, 0.29) is 0 Å². The van der Waals surface area contributed by atoms with Gasteiger partial charge in [-0.2, -0.15) is 0 Å². The van der Waals surface area contributed by atoms with Crippen molar-refractivity contribution in [1.29, 1.82) is 0 Å². The summed E-state index contributed by atoms with van der Waals surface area (Å²) in [5, 5.41) is 3.88. The topological polar surface area (TPSA) is 12.0 Å². The lowest BCUT2D eigenvalue weighted by Crippen LogP contribution is -2.44. The molecule has 2 saturated carbocycles. The number of hydrogen-bond acceptors (Lipinski definition) is 1. The van der Waals surface area contributed by atoms with E-state index in [2.05, 4.69) is 19.2 Å². The van der Waals surface area contributed by atoms with Crippen LogP contribution >= 0.6 is 0 Å². The first-order valence-electron chi connectivity index (χ1n) is 7.03. The molecule has 1 N–H and O–H groups in total. The van der Waals surface area contributed by atoms with E-state index in [1.807, 2.05) is 0 Å². The van der Waals surface area contributed by atoms with Gasteiger partial charge in [0.05, 0.1) is 0 Å². The minimum Gasteiger partial charge on any atom is -0.313 e. The normalized spacial score (nSPS) is 34.0. The second kappa shape index (κ2) is 4.86. The predicted octanol–water partition coefficient (Wildman–Crippen LogP) is 3.74. The third kappa shape index (κ3) is 2.38. The van der Waals surface area contributed by atoms with Crippen molar-refractivity contribution in [2.75, 3.05) is 6.54 Å². The van der Waals surface area contributed by atoms with Crippen molar-refractivity contribution in [3.8, 4) is 0 Å². The lowest BCUT2D eigenvalue weighted by molar-refractivity contribution is 0.115. The molecular formula is C14H27N. The Morgan fingerprint density at radius 2 is 1.93 bits per heavy atom. The van der Waals surface area contributed by atoms with Gasteiger partial charge in [0.1, 0.15) is 0 Å². The fourth-order valence-corrected chi connectivity index (χ4v) is 3.47. The summed E-state index contributed by atoms with van der Waals surface area (Å²) >= 11 is 0. The van der Waals surface area contributed by atoms with Crippen molar-refractivity contribution in [3.05, 3.63) is 0 Å². The van der Waals surface area contributed by atoms with Gasteiger partial charge >= 0.3 is 0 Å². The van der Waals surface area contributed by atoms with Crippen LogP contribution in [0.3, 0.4) is 0 Å². The van der Waals surface area contributed by atoms with Crippen LogP contribution in [0.15, 0.2) is 0 Å². The second-order valence-corrected chi connectivity index (χ2v) is 5.79. The molecule has 2 rings (SSSR count). The zero-order chi connectivity index (χ0) is 10.7. The van der Waals surface area contributed by atoms with Gasteiger partial charge in [-0.1, -0.05) is 33.1 Å². The zero-order valence-electron chi connectivity index (χ0n) is 10.5. The van der Waals surface area contributed by atoms with E-state index in [0.717, 1.165) is 12.0 Å². The van der Waals surface area contributed by atoms with Crippen LogP contribution in [0, 0.1) is 11.3 Å². The standard InChI is InChI=1S/C14H27N/c1-3-12-7-5-8-13(12)15-11-14(4-2)9-6-10-14/h12-13,15H,3-11H2,1-2H3. The second-order valence-electron chi connectivity index (χ2n) is 5.79. The van der Waals surface area contributed by atoms with E-state index < -0.39 is 0 Å². The van der Waals surface area contributed by atoms with Crippen LogP contribution in [0.25, 0.3) is 0 Å². The minimum atomic E-state index is 0.695. The van der Waals surface area contributed by atoms with Crippen LogP contribution < -0.4 is 5.32 Å². The van der Waals surface area contributed by atoms with Gasteiger partial charge in [-0.15, -0.1) is 0 Å². The highest BCUT2D eigenvalue weighted by Crippen LogP contribution is 2.43. The molecule has 1 nitrogen and oxygen atoms in total. The molecule has 2 atom stereocenters. The van der Waals surface area contributed by atoms with Crippen LogP contribution in [0.1, 0.15) is 65.2 Å². The quantitative estimate of drug-likeness (QED) is 0.727. The summed E-state index contributed by atoms with van der Waals surface area (Å²) in [7, 11) is 0. The Balaban J connectivity index is 1.77. The van der Waals surface area contributed by atoms with Gasteiger partial charge in [0.25, 0.3) is 0 Å². The third-order valence-electron chi connectivity index (χ3n) is 5.09. The average molecular weight is 209 g/mol. The molecule has 0 aromatic carbocycles. The number of hydrogen-bond donors (Lipinski definition) is 1. The molecule has 2 aliphatic rings. The molecule has 15 heavy (non-hydrogen) atoms.